The predicted molar refractivity (Wildman–Crippen MR) is 104 cm³/mol. The van der Waals surface area contributed by atoms with Gasteiger partial charge >= 0.3 is 0 Å². The fourth-order valence-electron chi connectivity index (χ4n) is 3.38. The molecule has 26 heavy (non-hydrogen) atoms. The van der Waals surface area contributed by atoms with Crippen LogP contribution in [0.5, 0.6) is 0 Å². The molecule has 0 unspecified atom stereocenters. The summed E-state index contributed by atoms with van der Waals surface area (Å²) in [5.74, 6) is -0.409. The van der Waals surface area contributed by atoms with Gasteiger partial charge < -0.3 is 10.6 Å². The van der Waals surface area contributed by atoms with E-state index in [-0.39, 0.29) is 11.9 Å². The molecule has 0 spiro atoms. The van der Waals surface area contributed by atoms with Crippen molar-refractivity contribution in [2.45, 2.75) is 32.2 Å². The van der Waals surface area contributed by atoms with Gasteiger partial charge in [-0.25, -0.2) is 0 Å². The largest absolute Gasteiger partial charge is 0.366 e. The van der Waals surface area contributed by atoms with Gasteiger partial charge in [-0.05, 0) is 35.7 Å². The minimum Gasteiger partial charge on any atom is -0.366 e. The Morgan fingerprint density at radius 1 is 1.12 bits per heavy atom. The standard InChI is InChI=1S/C22H24N2O2/c1-2-3-7-18-8-6-15-24(18)22(26)17-13-11-16(12-14-17)19-9-4-5-10-20(19)21(23)25/h4-6,8-14,18H,2-3,7,15H2,1H3,(H2,23,25)/t18-/m1/s1. The van der Waals surface area contributed by atoms with Crippen molar-refractivity contribution in [3.63, 3.8) is 0 Å². The second-order valence-corrected chi connectivity index (χ2v) is 6.58. The topological polar surface area (TPSA) is 63.4 Å². The Kier molecular flexibility index (Phi) is 5.52. The van der Waals surface area contributed by atoms with Gasteiger partial charge in [0.2, 0.25) is 5.91 Å². The summed E-state index contributed by atoms with van der Waals surface area (Å²) < 4.78 is 0. The third kappa shape index (κ3) is 3.69. The zero-order valence-corrected chi connectivity index (χ0v) is 15.0. The lowest BCUT2D eigenvalue weighted by molar-refractivity contribution is 0.0743. The van der Waals surface area contributed by atoms with Gasteiger partial charge in [-0.1, -0.05) is 62.2 Å². The number of primary amides is 1. The molecular weight excluding hydrogens is 324 g/mol. The molecule has 4 heteroatoms. The highest BCUT2D eigenvalue weighted by molar-refractivity contribution is 6.00. The summed E-state index contributed by atoms with van der Waals surface area (Å²) in [5, 5.41) is 0. The highest BCUT2D eigenvalue weighted by Crippen LogP contribution is 2.25. The van der Waals surface area contributed by atoms with Crippen LogP contribution in [0.4, 0.5) is 0 Å². The van der Waals surface area contributed by atoms with E-state index < -0.39 is 5.91 Å². The maximum atomic E-state index is 12.9. The molecule has 2 amide bonds. The first kappa shape index (κ1) is 17.9. The van der Waals surface area contributed by atoms with Crippen molar-refractivity contribution in [2.75, 3.05) is 6.54 Å². The zero-order chi connectivity index (χ0) is 18.5. The average molecular weight is 348 g/mol. The maximum Gasteiger partial charge on any atom is 0.254 e. The number of rotatable bonds is 6. The van der Waals surface area contributed by atoms with Crippen molar-refractivity contribution < 1.29 is 9.59 Å². The van der Waals surface area contributed by atoms with Crippen LogP contribution >= 0.6 is 0 Å². The molecule has 2 aromatic rings. The van der Waals surface area contributed by atoms with Crippen LogP contribution in [-0.2, 0) is 0 Å². The Morgan fingerprint density at radius 2 is 1.85 bits per heavy atom. The van der Waals surface area contributed by atoms with Crippen LogP contribution in [0.3, 0.4) is 0 Å². The summed E-state index contributed by atoms with van der Waals surface area (Å²) >= 11 is 0. The molecule has 0 aromatic heterocycles. The van der Waals surface area contributed by atoms with E-state index in [4.69, 9.17) is 5.73 Å². The third-order valence-electron chi connectivity index (χ3n) is 4.81. The first-order chi connectivity index (χ1) is 12.6. The quantitative estimate of drug-likeness (QED) is 0.801. The van der Waals surface area contributed by atoms with E-state index >= 15 is 0 Å². The van der Waals surface area contributed by atoms with Crippen molar-refractivity contribution in [2.24, 2.45) is 5.73 Å². The van der Waals surface area contributed by atoms with Crippen molar-refractivity contribution in [1.29, 1.82) is 0 Å². The molecule has 1 atom stereocenters. The molecular formula is C22H24N2O2. The van der Waals surface area contributed by atoms with E-state index in [2.05, 4.69) is 19.1 Å². The van der Waals surface area contributed by atoms with E-state index in [1.807, 2.05) is 41.3 Å². The number of amides is 2. The molecule has 1 heterocycles. The van der Waals surface area contributed by atoms with E-state index in [0.29, 0.717) is 17.7 Å². The first-order valence-corrected chi connectivity index (χ1v) is 9.08. The summed E-state index contributed by atoms with van der Waals surface area (Å²) in [6.07, 6.45) is 7.44. The van der Waals surface area contributed by atoms with Gasteiger partial charge in [0.15, 0.2) is 0 Å². The molecule has 0 saturated heterocycles. The van der Waals surface area contributed by atoms with Crippen molar-refractivity contribution in [3.8, 4) is 11.1 Å². The van der Waals surface area contributed by atoms with Crippen LogP contribution in [0.2, 0.25) is 0 Å². The molecule has 2 N–H and O–H groups in total. The molecule has 4 nitrogen and oxygen atoms in total. The lowest BCUT2D eigenvalue weighted by Crippen LogP contribution is -2.36. The minimum absolute atomic E-state index is 0.0471. The molecule has 0 fully saturated rings. The number of unbranched alkanes of at least 4 members (excludes halogenated alkanes) is 1. The van der Waals surface area contributed by atoms with E-state index in [9.17, 15) is 9.59 Å². The van der Waals surface area contributed by atoms with Gasteiger partial charge in [-0.2, -0.15) is 0 Å². The number of nitrogens with two attached hydrogens (primary N) is 1. The van der Waals surface area contributed by atoms with Crippen molar-refractivity contribution >= 4 is 11.8 Å². The van der Waals surface area contributed by atoms with Gasteiger partial charge in [0, 0.05) is 17.7 Å². The van der Waals surface area contributed by atoms with Crippen LogP contribution in [0.25, 0.3) is 11.1 Å². The summed E-state index contributed by atoms with van der Waals surface area (Å²) in [6, 6.07) is 14.8. The number of nitrogens with zero attached hydrogens (tertiary/aromatic N) is 1. The molecule has 1 aliphatic rings. The number of hydrogen-bond acceptors (Lipinski definition) is 2. The van der Waals surface area contributed by atoms with E-state index in [1.54, 1.807) is 12.1 Å². The van der Waals surface area contributed by atoms with Gasteiger partial charge in [-0.3, -0.25) is 9.59 Å². The molecule has 0 bridgehead atoms. The second kappa shape index (κ2) is 8.00. The van der Waals surface area contributed by atoms with Gasteiger partial charge in [0.05, 0.1) is 6.04 Å². The van der Waals surface area contributed by atoms with Crippen LogP contribution < -0.4 is 5.73 Å². The number of hydrogen-bond donors (Lipinski definition) is 1. The van der Waals surface area contributed by atoms with Crippen molar-refractivity contribution in [3.05, 3.63) is 71.8 Å². The number of carbonyl (C=O) groups excluding carboxylic acids is 2. The van der Waals surface area contributed by atoms with Crippen LogP contribution in [0, 0.1) is 0 Å². The van der Waals surface area contributed by atoms with E-state index in [0.717, 1.165) is 30.4 Å². The molecule has 2 aromatic carbocycles. The Hall–Kier alpha value is -2.88. The second-order valence-electron chi connectivity index (χ2n) is 6.58. The van der Waals surface area contributed by atoms with Gasteiger partial charge in [0.1, 0.15) is 0 Å². The highest BCUT2D eigenvalue weighted by Gasteiger charge is 2.25. The van der Waals surface area contributed by atoms with Crippen molar-refractivity contribution in [1.82, 2.24) is 4.90 Å². The molecule has 1 aliphatic heterocycles. The SMILES string of the molecule is CCCC[C@@H]1C=CCN1C(=O)c1ccc(-c2ccccc2C(N)=O)cc1. The maximum absolute atomic E-state index is 12.9. The summed E-state index contributed by atoms with van der Waals surface area (Å²) in [6.45, 7) is 2.83. The van der Waals surface area contributed by atoms with E-state index in [1.165, 1.54) is 0 Å². The smallest absolute Gasteiger partial charge is 0.254 e. The van der Waals surface area contributed by atoms with Crippen LogP contribution in [0.1, 0.15) is 46.9 Å². The van der Waals surface area contributed by atoms with Crippen LogP contribution in [0.15, 0.2) is 60.7 Å². The fourth-order valence-corrected chi connectivity index (χ4v) is 3.38. The number of benzene rings is 2. The summed E-state index contributed by atoms with van der Waals surface area (Å²) in [5.41, 5.74) is 8.26. The fraction of sp³-hybridized carbons (Fsp3) is 0.273. The van der Waals surface area contributed by atoms with Gasteiger partial charge in [-0.15, -0.1) is 0 Å². The molecule has 134 valence electrons. The summed E-state index contributed by atoms with van der Waals surface area (Å²) in [7, 11) is 0. The molecule has 0 aliphatic carbocycles. The summed E-state index contributed by atoms with van der Waals surface area (Å²) in [4.78, 5) is 26.4. The molecule has 0 saturated carbocycles. The Balaban J connectivity index is 1.80. The minimum atomic E-state index is -0.456. The monoisotopic (exact) mass is 348 g/mol. The Bertz CT molecular complexity index is 824. The number of carbonyl (C=O) groups is 2. The Morgan fingerprint density at radius 3 is 2.54 bits per heavy atom. The van der Waals surface area contributed by atoms with Gasteiger partial charge in [0.25, 0.3) is 5.91 Å². The predicted octanol–water partition coefficient (Wildman–Crippen LogP) is 4.02. The highest BCUT2D eigenvalue weighted by atomic mass is 16.2. The lowest BCUT2D eigenvalue weighted by atomic mass is 9.98. The zero-order valence-electron chi connectivity index (χ0n) is 15.0. The first-order valence-electron chi connectivity index (χ1n) is 9.08. The lowest BCUT2D eigenvalue weighted by Gasteiger charge is -2.24. The average Bonchev–Trinajstić information content (AvgIpc) is 3.14. The molecule has 3 rings (SSSR count). The Labute approximate surface area is 154 Å². The third-order valence-corrected chi connectivity index (χ3v) is 4.81. The molecule has 0 radical (unpaired) electrons. The normalized spacial score (nSPS) is 16.0. The van der Waals surface area contributed by atoms with Crippen LogP contribution in [-0.4, -0.2) is 29.3 Å².